The molecular weight excluding hydrogens is 709 g/mol. The zero-order valence-corrected chi connectivity index (χ0v) is 33.2. The van der Waals surface area contributed by atoms with Crippen molar-refractivity contribution in [3.63, 3.8) is 0 Å². The minimum atomic E-state index is -2.49. The van der Waals surface area contributed by atoms with Crippen molar-refractivity contribution in [2.24, 2.45) is 5.92 Å². The number of benzene rings is 4. The molecule has 11 heteroatoms. The molecule has 3 aliphatic rings. The number of hydrogen-bond donors (Lipinski definition) is 3. The first-order valence-electron chi connectivity index (χ1n) is 19.4. The number of nitrogens with one attached hydrogen (secondary N) is 2. The molecule has 0 bridgehead atoms. The monoisotopic (exact) mass is 760 g/mol. The van der Waals surface area contributed by atoms with Crippen LogP contribution in [0.3, 0.4) is 0 Å². The Kier molecular flexibility index (Phi) is 11.3. The fourth-order valence-electron chi connectivity index (χ4n) is 9.21. The van der Waals surface area contributed by atoms with Crippen molar-refractivity contribution in [1.82, 2.24) is 10.2 Å². The lowest BCUT2D eigenvalue weighted by Crippen LogP contribution is -2.52. The van der Waals surface area contributed by atoms with Crippen LogP contribution in [0.4, 0.5) is 11.4 Å². The first-order valence-corrected chi connectivity index (χ1v) is 22.4. The number of hydrogen-bond acceptors (Lipinski definition) is 7. The minimum Gasteiger partial charge on any atom is -0.497 e. The molecule has 0 radical (unpaired) electrons. The zero-order chi connectivity index (χ0) is 38.7. The third-order valence-corrected chi connectivity index (χ3v) is 16.3. The van der Waals surface area contributed by atoms with Crippen molar-refractivity contribution in [3.05, 3.63) is 120 Å². The van der Waals surface area contributed by atoms with E-state index in [1.165, 1.54) is 5.19 Å². The summed E-state index contributed by atoms with van der Waals surface area (Å²) in [5.74, 6) is 0.154. The van der Waals surface area contributed by atoms with Crippen molar-refractivity contribution in [1.29, 1.82) is 0 Å². The molecule has 3 aliphatic heterocycles. The van der Waals surface area contributed by atoms with Crippen LogP contribution in [0.1, 0.15) is 42.9 Å². The molecule has 3 N–H and O–H groups in total. The van der Waals surface area contributed by atoms with Gasteiger partial charge >= 0.3 is 0 Å². The number of aliphatic hydroxyl groups is 1. The summed E-state index contributed by atoms with van der Waals surface area (Å²) in [6.45, 7) is 8.23. The Bertz CT molecular complexity index is 2000. The van der Waals surface area contributed by atoms with E-state index in [1.807, 2.05) is 95.9 Å². The van der Waals surface area contributed by atoms with Gasteiger partial charge in [0.1, 0.15) is 5.75 Å². The van der Waals surface area contributed by atoms with Crippen LogP contribution in [0.25, 0.3) is 0 Å². The molecule has 288 valence electrons. The molecule has 0 saturated carbocycles. The van der Waals surface area contributed by atoms with Crippen LogP contribution in [0.5, 0.6) is 5.75 Å². The highest BCUT2D eigenvalue weighted by Crippen LogP contribution is 2.60. The Morgan fingerprint density at radius 3 is 2.44 bits per heavy atom. The number of carbonyl (C=O) groups is 3. The predicted octanol–water partition coefficient (Wildman–Crippen LogP) is 5.56. The van der Waals surface area contributed by atoms with Crippen LogP contribution in [-0.4, -0.2) is 74.8 Å². The van der Waals surface area contributed by atoms with Crippen LogP contribution in [0.2, 0.25) is 18.6 Å². The van der Waals surface area contributed by atoms with Crippen LogP contribution >= 0.6 is 0 Å². The number of carbonyl (C=O) groups excluding carboxylic acids is 3. The molecule has 55 heavy (non-hydrogen) atoms. The van der Waals surface area contributed by atoms with E-state index in [0.29, 0.717) is 12.2 Å². The molecule has 3 heterocycles. The van der Waals surface area contributed by atoms with Crippen LogP contribution in [0, 0.1) is 5.92 Å². The number of fused-ring (bicyclic) bond motifs is 2. The quantitative estimate of drug-likeness (QED) is 0.153. The van der Waals surface area contributed by atoms with Gasteiger partial charge in [0, 0.05) is 30.3 Å². The molecule has 0 unspecified atom stereocenters. The maximum absolute atomic E-state index is 15.2. The van der Waals surface area contributed by atoms with E-state index in [4.69, 9.17) is 9.47 Å². The van der Waals surface area contributed by atoms with Gasteiger partial charge in [-0.05, 0) is 66.4 Å². The second-order valence-electron chi connectivity index (χ2n) is 15.6. The highest BCUT2D eigenvalue weighted by molar-refractivity contribution is 6.91. The van der Waals surface area contributed by atoms with Crippen LogP contribution < -0.4 is 25.5 Å². The van der Waals surface area contributed by atoms with E-state index in [9.17, 15) is 14.7 Å². The predicted molar refractivity (Wildman–Crippen MR) is 217 cm³/mol. The van der Waals surface area contributed by atoms with Crippen molar-refractivity contribution in [2.75, 3.05) is 37.0 Å². The Balaban J connectivity index is 1.23. The van der Waals surface area contributed by atoms with Gasteiger partial charge in [-0.3, -0.25) is 14.4 Å². The van der Waals surface area contributed by atoms with Crippen LogP contribution in [0.15, 0.2) is 103 Å². The van der Waals surface area contributed by atoms with Gasteiger partial charge in [-0.2, -0.15) is 0 Å². The summed E-state index contributed by atoms with van der Waals surface area (Å²) in [7, 11) is -0.843. The van der Waals surface area contributed by atoms with Gasteiger partial charge < -0.3 is 35.0 Å². The van der Waals surface area contributed by atoms with Gasteiger partial charge in [-0.1, -0.05) is 98.0 Å². The van der Waals surface area contributed by atoms with E-state index in [-0.39, 0.29) is 61.3 Å². The number of aliphatic hydroxyl groups excluding tert-OH is 1. The minimum absolute atomic E-state index is 0.0547. The summed E-state index contributed by atoms with van der Waals surface area (Å²) in [5.41, 5.74) is 2.68. The van der Waals surface area contributed by atoms with Crippen LogP contribution in [-0.2, 0) is 37.8 Å². The van der Waals surface area contributed by atoms with E-state index in [0.717, 1.165) is 47.5 Å². The second-order valence-corrected chi connectivity index (χ2v) is 20.3. The molecule has 3 amide bonds. The normalized spacial score (nSPS) is 23.2. The number of amides is 3. The Morgan fingerprint density at radius 2 is 1.73 bits per heavy atom. The smallest absolute Gasteiger partial charge is 0.264 e. The van der Waals surface area contributed by atoms with Crippen molar-refractivity contribution < 1.29 is 29.0 Å². The maximum atomic E-state index is 15.2. The van der Waals surface area contributed by atoms with Gasteiger partial charge in [0.15, 0.2) is 5.60 Å². The highest BCUT2D eigenvalue weighted by Gasteiger charge is 2.66. The SMILES string of the molecule is COc1ccc([Si](C)(C)[C@H]2[C@H](CC(=O)N(CCO)Cc3ccccc3)O[C@@]3(C(=O)N(Cc4cccc(NC(=O)[C@H]5CCCN5)c4)c4ccccc43)[C@@H]2C)cc1. The largest absolute Gasteiger partial charge is 0.497 e. The topological polar surface area (TPSA) is 120 Å². The molecule has 4 aromatic carbocycles. The first kappa shape index (κ1) is 38.5. The Labute approximate surface area is 324 Å². The number of anilines is 2. The van der Waals surface area contributed by atoms with Crippen molar-refractivity contribution >= 4 is 42.4 Å². The van der Waals surface area contributed by atoms with E-state index in [1.54, 1.807) is 12.0 Å². The first-order chi connectivity index (χ1) is 26.6. The standard InChI is InChI=1S/C44H52N4O6Si/c1-30-41(55(3,4)35-21-19-34(53-2)20-22-35)39(27-40(50)47(24-25-49)28-31-12-6-5-7-13-31)54-44(30)36-16-8-9-18-38(36)48(43(44)52)29-32-14-10-15-33(26-32)46-42(51)37-17-11-23-45-37/h5-10,12-16,18-22,26,30,37,39,41,45,49H,11,17,23-25,27-29H2,1-4H3,(H,46,51)/t30-,37-,39+,41-,44+/m1/s1. The molecule has 0 aliphatic carbocycles. The summed E-state index contributed by atoms with van der Waals surface area (Å²) in [6, 6.07) is 33.3. The van der Waals surface area contributed by atoms with Crippen molar-refractivity contribution in [2.45, 2.75) is 75.7 Å². The number of para-hydroxylation sites is 1. The summed E-state index contributed by atoms with van der Waals surface area (Å²) < 4.78 is 12.7. The van der Waals surface area contributed by atoms with Gasteiger partial charge in [-0.15, -0.1) is 0 Å². The molecule has 7 rings (SSSR count). The fourth-order valence-corrected chi connectivity index (χ4v) is 13.2. The lowest BCUT2D eigenvalue weighted by atomic mass is 9.82. The zero-order valence-electron chi connectivity index (χ0n) is 32.2. The fraction of sp³-hybridized carbons (Fsp3) is 0.386. The van der Waals surface area contributed by atoms with E-state index in [2.05, 4.69) is 42.8 Å². The molecule has 2 saturated heterocycles. The molecule has 10 nitrogen and oxygen atoms in total. The van der Waals surface area contributed by atoms with Gasteiger partial charge in [0.05, 0.1) is 52.6 Å². The third-order valence-electron chi connectivity index (χ3n) is 12.0. The molecule has 5 atom stereocenters. The average molecular weight is 761 g/mol. The highest BCUT2D eigenvalue weighted by atomic mass is 28.3. The van der Waals surface area contributed by atoms with Crippen molar-refractivity contribution in [3.8, 4) is 5.75 Å². The van der Waals surface area contributed by atoms with Gasteiger partial charge in [0.2, 0.25) is 11.8 Å². The number of nitrogens with zero attached hydrogens (tertiary/aromatic N) is 2. The molecule has 0 aromatic heterocycles. The number of methoxy groups -OCH3 is 1. The number of ether oxygens (including phenoxy) is 2. The summed E-state index contributed by atoms with van der Waals surface area (Å²) in [5, 5.41) is 17.5. The summed E-state index contributed by atoms with van der Waals surface area (Å²) in [4.78, 5) is 46.0. The average Bonchev–Trinajstić information content (AvgIpc) is 3.90. The van der Waals surface area contributed by atoms with Gasteiger partial charge in [-0.25, -0.2) is 0 Å². The Hall–Kier alpha value is -4.81. The molecule has 4 aromatic rings. The van der Waals surface area contributed by atoms with Gasteiger partial charge in [0.25, 0.3) is 5.91 Å². The molecular formula is C44H52N4O6Si. The third kappa shape index (κ3) is 7.46. The second kappa shape index (κ2) is 16.1. The molecule has 2 fully saturated rings. The van der Waals surface area contributed by atoms with E-state index < -0.39 is 19.8 Å². The lowest BCUT2D eigenvalue weighted by Gasteiger charge is -2.37. The lowest BCUT2D eigenvalue weighted by molar-refractivity contribution is -0.150. The summed E-state index contributed by atoms with van der Waals surface area (Å²) in [6.07, 6.45) is 1.29. The van der Waals surface area contributed by atoms with E-state index >= 15 is 4.79 Å². The summed E-state index contributed by atoms with van der Waals surface area (Å²) >= 11 is 0. The molecule has 1 spiro atoms. The Morgan fingerprint density at radius 1 is 1.00 bits per heavy atom. The maximum Gasteiger partial charge on any atom is 0.264 e. The number of rotatable bonds is 13.